The fourth-order valence-corrected chi connectivity index (χ4v) is 10.5. The summed E-state index contributed by atoms with van der Waals surface area (Å²) in [5.41, 5.74) is 0.121. The summed E-state index contributed by atoms with van der Waals surface area (Å²) in [6.45, 7) is 0.336. The van der Waals surface area contributed by atoms with Crippen molar-refractivity contribution in [3.05, 3.63) is 64.7 Å². The van der Waals surface area contributed by atoms with Crippen molar-refractivity contribution in [2.45, 2.75) is 105 Å². The van der Waals surface area contributed by atoms with Crippen molar-refractivity contribution >= 4 is 55.5 Å². The van der Waals surface area contributed by atoms with Crippen LogP contribution < -0.4 is 24.2 Å². The van der Waals surface area contributed by atoms with E-state index < -0.39 is 78.8 Å². The average molecular weight is 832 g/mol. The van der Waals surface area contributed by atoms with Crippen molar-refractivity contribution in [2.75, 3.05) is 13.3 Å². The molecule has 0 bridgehead atoms. The van der Waals surface area contributed by atoms with Crippen LogP contribution in [0.15, 0.2) is 53.4 Å². The van der Waals surface area contributed by atoms with Gasteiger partial charge in [0, 0.05) is 30.5 Å². The number of ether oxygens (including phenoxy) is 3. The van der Waals surface area contributed by atoms with Crippen molar-refractivity contribution in [1.82, 2.24) is 24.6 Å². The van der Waals surface area contributed by atoms with Crippen LogP contribution in [0.4, 0.5) is 4.79 Å². The first-order valence-electron chi connectivity index (χ1n) is 18.7. The molecular formula is C37H42ClN5O11S2. The summed E-state index contributed by atoms with van der Waals surface area (Å²) in [4.78, 5) is 58.7. The Morgan fingerprint density at radius 1 is 0.946 bits per heavy atom. The van der Waals surface area contributed by atoms with Crippen LogP contribution in [0.1, 0.15) is 68.9 Å². The van der Waals surface area contributed by atoms with Gasteiger partial charge in [-0.1, -0.05) is 36.6 Å². The van der Waals surface area contributed by atoms with Gasteiger partial charge in [-0.25, -0.2) is 21.6 Å². The van der Waals surface area contributed by atoms with E-state index in [1.54, 1.807) is 6.08 Å². The predicted molar refractivity (Wildman–Crippen MR) is 199 cm³/mol. The molecule has 0 spiro atoms. The van der Waals surface area contributed by atoms with E-state index in [1.807, 2.05) is 18.2 Å². The maximum absolute atomic E-state index is 14.5. The fourth-order valence-electron chi connectivity index (χ4n) is 7.83. The lowest BCUT2D eigenvalue weighted by Gasteiger charge is -2.29. The summed E-state index contributed by atoms with van der Waals surface area (Å²) >= 11 is 5.99. The number of benzene rings is 2. The zero-order chi connectivity index (χ0) is 39.4. The van der Waals surface area contributed by atoms with Crippen LogP contribution in [0.3, 0.4) is 0 Å². The molecule has 19 heteroatoms. The van der Waals surface area contributed by atoms with Crippen LogP contribution in [0.2, 0.25) is 5.02 Å². The Balaban J connectivity index is 1.06. The largest absolute Gasteiger partial charge is 0.454 e. The molecule has 2 aromatic rings. The number of carbonyl (C=O) groups is 4. The minimum absolute atomic E-state index is 0.109. The van der Waals surface area contributed by atoms with E-state index in [4.69, 9.17) is 25.8 Å². The highest BCUT2D eigenvalue weighted by Gasteiger charge is 2.62. The number of amides is 4. The van der Waals surface area contributed by atoms with Crippen LogP contribution in [-0.2, 0) is 52.3 Å². The van der Waals surface area contributed by atoms with E-state index >= 15 is 0 Å². The minimum Gasteiger partial charge on any atom is -0.454 e. The van der Waals surface area contributed by atoms with Crippen molar-refractivity contribution in [3.8, 4) is 11.5 Å². The lowest BCUT2D eigenvalue weighted by atomic mass is 10.1. The summed E-state index contributed by atoms with van der Waals surface area (Å²) in [5, 5.41) is 2.43. The van der Waals surface area contributed by atoms with Crippen molar-refractivity contribution < 1.29 is 50.2 Å². The average Bonchev–Trinajstić information content (AvgIpc) is 3.97. The number of carbonyl (C=O) groups excluding carboxylic acids is 4. The van der Waals surface area contributed by atoms with Gasteiger partial charge < -0.3 is 24.4 Å². The second-order valence-corrected chi connectivity index (χ2v) is 19.3. The Kier molecular flexibility index (Phi) is 10.2. The zero-order valence-electron chi connectivity index (χ0n) is 30.3. The van der Waals surface area contributed by atoms with Crippen molar-refractivity contribution in [3.63, 3.8) is 0 Å². The molecule has 4 amide bonds. The Morgan fingerprint density at radius 3 is 2.32 bits per heavy atom. The molecule has 3 N–H and O–H groups in total. The molecule has 16 nitrogen and oxygen atoms in total. The number of nitrogens with one attached hydrogen (secondary N) is 3. The number of nitrogens with zero attached hydrogens (tertiary/aromatic N) is 2. The smallest absolute Gasteiger partial charge is 0.410 e. The van der Waals surface area contributed by atoms with Crippen molar-refractivity contribution in [2.24, 2.45) is 5.92 Å². The molecule has 0 radical (unpaired) electrons. The Bertz CT molecular complexity index is 2170. The third-order valence-electron chi connectivity index (χ3n) is 11.2. The number of hydrogen-bond acceptors (Lipinski definition) is 11. The standard InChI is InChI=1S/C37H42ClN5O11S2/c38-25-8-10-27(11-9-25)55(48,49)40-29-7-5-3-1-2-4-6-24-17-37(24,35(46)41-56(50,51)28-12-13-28)39-33(44)30-16-26(20-43(30)34(29)45)54-36(47)42-18-22-14-31-32(53-21-52-31)15-23(22)19-42/h4,6,8-11,14-15,24,26,28-30,40H,1-3,5,7,12-13,16-21H2,(H,39,44)(H,41,46)/t24-,26-,29+,30+,37-/m1/s1. The Labute approximate surface area is 329 Å². The fraction of sp³-hybridized carbons (Fsp3) is 0.514. The molecule has 2 aliphatic carbocycles. The summed E-state index contributed by atoms with van der Waals surface area (Å²) in [6.07, 6.45) is 5.41. The first kappa shape index (κ1) is 38.5. The number of hydrogen-bond donors (Lipinski definition) is 3. The maximum atomic E-state index is 14.5. The Morgan fingerprint density at radius 2 is 1.64 bits per heavy atom. The molecule has 56 heavy (non-hydrogen) atoms. The number of sulfonamides is 2. The normalized spacial score (nSPS) is 27.7. The summed E-state index contributed by atoms with van der Waals surface area (Å²) < 4.78 is 74.4. The van der Waals surface area contributed by atoms with Gasteiger partial charge >= 0.3 is 6.09 Å². The molecule has 0 aromatic heterocycles. The first-order chi connectivity index (χ1) is 26.7. The van der Waals surface area contributed by atoms with Gasteiger partial charge in [0.2, 0.25) is 38.7 Å². The molecule has 4 heterocycles. The molecule has 0 unspecified atom stereocenters. The molecule has 4 aliphatic heterocycles. The van der Waals surface area contributed by atoms with E-state index in [0.29, 0.717) is 55.0 Å². The van der Waals surface area contributed by atoms with Crippen LogP contribution in [-0.4, -0.2) is 92.8 Å². The Hall–Kier alpha value is -4.39. The lowest BCUT2D eigenvalue weighted by molar-refractivity contribution is -0.141. The van der Waals surface area contributed by atoms with E-state index in [0.717, 1.165) is 11.1 Å². The first-order valence-corrected chi connectivity index (χ1v) is 22.1. The van der Waals surface area contributed by atoms with Gasteiger partial charge in [0.05, 0.1) is 16.7 Å². The summed E-state index contributed by atoms with van der Waals surface area (Å²) in [7, 11) is -8.19. The third kappa shape index (κ3) is 7.80. The molecule has 6 aliphatic rings. The highest BCUT2D eigenvalue weighted by Crippen LogP contribution is 2.46. The molecule has 1 saturated heterocycles. The van der Waals surface area contributed by atoms with Crippen LogP contribution in [0.25, 0.3) is 0 Å². The van der Waals surface area contributed by atoms with Gasteiger partial charge in [-0.05, 0) is 86.1 Å². The highest BCUT2D eigenvalue weighted by atomic mass is 35.5. The van der Waals surface area contributed by atoms with Crippen LogP contribution in [0.5, 0.6) is 11.5 Å². The summed E-state index contributed by atoms with van der Waals surface area (Å²) in [6, 6.07) is 6.51. The molecule has 5 atom stereocenters. The SMILES string of the molecule is O=C1N[C@]2(C(=O)NS(=O)(=O)C3CC3)C[C@H]2C=CCCCCC[C@H](NS(=O)(=O)c2ccc(Cl)cc2)C(=O)N2C[C@H](OC(=O)N3Cc4cc5c(cc4C3)OCO5)C[C@@H]12. The maximum Gasteiger partial charge on any atom is 0.410 e. The highest BCUT2D eigenvalue weighted by molar-refractivity contribution is 7.91. The van der Waals surface area contributed by atoms with Gasteiger partial charge in [0.25, 0.3) is 5.91 Å². The monoisotopic (exact) mass is 831 g/mol. The van der Waals surface area contributed by atoms with Gasteiger partial charge in [0.15, 0.2) is 11.5 Å². The quantitative estimate of drug-likeness (QED) is 0.346. The molecule has 8 rings (SSSR count). The molecule has 3 fully saturated rings. The lowest BCUT2D eigenvalue weighted by Crippen LogP contribution is -2.58. The van der Waals surface area contributed by atoms with Crippen molar-refractivity contribution in [1.29, 1.82) is 0 Å². The number of allylic oxidation sites excluding steroid dienone is 1. The number of rotatable bonds is 7. The van der Waals surface area contributed by atoms with Gasteiger partial charge in [-0.2, -0.15) is 4.72 Å². The van der Waals surface area contributed by atoms with Gasteiger partial charge in [-0.3, -0.25) is 24.0 Å². The van der Waals surface area contributed by atoms with Gasteiger partial charge in [-0.15, -0.1) is 0 Å². The molecule has 2 aromatic carbocycles. The van der Waals surface area contributed by atoms with Crippen LogP contribution >= 0.6 is 11.6 Å². The predicted octanol–water partition coefficient (Wildman–Crippen LogP) is 2.84. The summed E-state index contributed by atoms with van der Waals surface area (Å²) in [5.74, 6) is -1.67. The topological polar surface area (TPSA) is 207 Å². The minimum atomic E-state index is -4.24. The molecular weight excluding hydrogens is 790 g/mol. The zero-order valence-corrected chi connectivity index (χ0v) is 32.7. The van der Waals surface area contributed by atoms with E-state index in [9.17, 15) is 36.0 Å². The second-order valence-electron chi connectivity index (χ2n) is 15.2. The second kappa shape index (κ2) is 14.8. The van der Waals surface area contributed by atoms with E-state index in [-0.39, 0.29) is 50.6 Å². The van der Waals surface area contributed by atoms with E-state index in [2.05, 4.69) is 14.8 Å². The van der Waals surface area contributed by atoms with E-state index in [1.165, 1.54) is 34.1 Å². The number of halogens is 1. The third-order valence-corrected chi connectivity index (χ3v) is 14.8. The van der Waals surface area contributed by atoms with Gasteiger partial charge in [0.1, 0.15) is 23.7 Å². The number of fused-ring (bicyclic) bond motifs is 4. The molecule has 2 saturated carbocycles. The van der Waals surface area contributed by atoms with Crippen LogP contribution in [0, 0.1) is 5.92 Å². The molecule has 300 valence electrons.